The van der Waals surface area contributed by atoms with E-state index in [0.717, 1.165) is 24.2 Å². The van der Waals surface area contributed by atoms with Crippen LogP contribution in [-0.4, -0.2) is 35.8 Å². The number of carbonyl (C=O) groups is 3. The Morgan fingerprint density at radius 2 is 1.68 bits per heavy atom. The van der Waals surface area contributed by atoms with Gasteiger partial charge in [-0.15, -0.1) is 0 Å². The van der Waals surface area contributed by atoms with Crippen LogP contribution < -0.4 is 0 Å². The molecule has 3 aliphatic rings. The first-order chi connectivity index (χ1) is 12.1. The average Bonchev–Trinajstić information content (AvgIpc) is 3.30. The molecule has 25 heavy (non-hydrogen) atoms. The molecule has 1 heterocycles. The van der Waals surface area contributed by atoms with Crippen molar-refractivity contribution in [2.24, 2.45) is 23.7 Å². The molecule has 5 nitrogen and oxygen atoms in total. The Bertz CT molecular complexity index is 696. The lowest BCUT2D eigenvalue weighted by atomic mass is 9.85. The van der Waals surface area contributed by atoms with Gasteiger partial charge in [-0.1, -0.05) is 42.5 Å². The fraction of sp³-hybridized carbons (Fsp3) is 0.450. The van der Waals surface area contributed by atoms with E-state index in [9.17, 15) is 14.4 Å². The summed E-state index contributed by atoms with van der Waals surface area (Å²) in [6.45, 7) is 0.0407. The second kappa shape index (κ2) is 6.47. The topological polar surface area (TPSA) is 63.7 Å². The molecule has 1 saturated carbocycles. The minimum Gasteiger partial charge on any atom is -0.464 e. The van der Waals surface area contributed by atoms with Crippen molar-refractivity contribution in [3.63, 3.8) is 0 Å². The number of allylic oxidation sites excluding steroid dienone is 2. The molecule has 130 valence electrons. The molecule has 0 spiro atoms. The number of rotatable bonds is 6. The van der Waals surface area contributed by atoms with Gasteiger partial charge in [0.1, 0.15) is 6.54 Å². The lowest BCUT2D eigenvalue weighted by Crippen LogP contribution is -2.38. The van der Waals surface area contributed by atoms with Crippen molar-refractivity contribution in [1.29, 1.82) is 0 Å². The fourth-order valence-electron chi connectivity index (χ4n) is 4.40. The molecule has 1 aromatic rings. The Balaban J connectivity index is 1.26. The number of aryl methyl sites for hydroxylation is 1. The normalized spacial score (nSPS) is 29.4. The third-order valence-electron chi connectivity index (χ3n) is 5.56. The molecular formula is C20H21NO4. The summed E-state index contributed by atoms with van der Waals surface area (Å²) in [7, 11) is 0. The molecule has 2 amide bonds. The van der Waals surface area contributed by atoms with Crippen LogP contribution in [-0.2, 0) is 25.5 Å². The Morgan fingerprint density at radius 1 is 1.04 bits per heavy atom. The van der Waals surface area contributed by atoms with Crippen molar-refractivity contribution in [2.45, 2.75) is 19.3 Å². The molecule has 1 saturated heterocycles. The molecule has 0 N–H and O–H groups in total. The second-order valence-corrected chi connectivity index (χ2v) is 7.07. The highest BCUT2D eigenvalue weighted by atomic mass is 16.5. The van der Waals surface area contributed by atoms with Gasteiger partial charge < -0.3 is 4.74 Å². The minimum absolute atomic E-state index is 0.165. The number of imide groups is 1. The van der Waals surface area contributed by atoms with Crippen LogP contribution in [0.15, 0.2) is 42.5 Å². The second-order valence-electron chi connectivity index (χ2n) is 7.07. The van der Waals surface area contributed by atoms with Gasteiger partial charge in [-0.2, -0.15) is 0 Å². The predicted octanol–water partition coefficient (Wildman–Crippen LogP) is 1.97. The molecule has 0 radical (unpaired) electrons. The number of hydrogen-bond acceptors (Lipinski definition) is 4. The number of fused-ring (bicyclic) bond motifs is 5. The highest BCUT2D eigenvalue weighted by Crippen LogP contribution is 2.52. The van der Waals surface area contributed by atoms with Crippen molar-refractivity contribution in [3.8, 4) is 0 Å². The first-order valence-electron chi connectivity index (χ1n) is 8.88. The van der Waals surface area contributed by atoms with Gasteiger partial charge in [0.2, 0.25) is 11.8 Å². The Hall–Kier alpha value is -2.43. The van der Waals surface area contributed by atoms with Crippen molar-refractivity contribution in [3.05, 3.63) is 48.0 Å². The molecule has 1 aliphatic heterocycles. The Kier molecular flexibility index (Phi) is 4.15. The number of hydrogen-bond donors (Lipinski definition) is 0. The highest BCUT2D eigenvalue weighted by molar-refractivity contribution is 6.08. The molecule has 1 aromatic carbocycles. The summed E-state index contributed by atoms with van der Waals surface area (Å²) >= 11 is 0. The molecular weight excluding hydrogens is 318 g/mol. The SMILES string of the molecule is O=C(CN1C(=O)C2C3C=CC(C3)C2C1=O)OCCCc1ccccc1. The average molecular weight is 339 g/mol. The maximum atomic E-state index is 12.5. The minimum atomic E-state index is -0.505. The molecule has 2 bridgehead atoms. The Labute approximate surface area is 146 Å². The van der Waals surface area contributed by atoms with Crippen LogP contribution in [0.4, 0.5) is 0 Å². The van der Waals surface area contributed by atoms with Gasteiger partial charge in [-0.25, -0.2) is 0 Å². The number of likely N-dealkylation sites (tertiary alicyclic amines) is 1. The molecule has 2 aliphatic carbocycles. The van der Waals surface area contributed by atoms with Gasteiger partial charge in [-0.3, -0.25) is 19.3 Å². The van der Waals surface area contributed by atoms with E-state index < -0.39 is 5.97 Å². The van der Waals surface area contributed by atoms with Crippen molar-refractivity contribution in [2.75, 3.05) is 13.2 Å². The van der Waals surface area contributed by atoms with Gasteiger partial charge in [0.15, 0.2) is 0 Å². The van der Waals surface area contributed by atoms with Crippen molar-refractivity contribution in [1.82, 2.24) is 4.90 Å². The maximum Gasteiger partial charge on any atom is 0.326 e. The largest absolute Gasteiger partial charge is 0.464 e. The van der Waals surface area contributed by atoms with Crippen LogP contribution in [0.5, 0.6) is 0 Å². The first kappa shape index (κ1) is 16.1. The summed E-state index contributed by atoms with van der Waals surface area (Å²) in [5.74, 6) is -1.09. The van der Waals surface area contributed by atoms with Crippen LogP contribution in [0.2, 0.25) is 0 Å². The first-order valence-corrected chi connectivity index (χ1v) is 8.88. The third-order valence-corrected chi connectivity index (χ3v) is 5.56. The molecule has 0 aromatic heterocycles. The quantitative estimate of drug-likeness (QED) is 0.344. The molecule has 4 rings (SSSR count). The van der Waals surface area contributed by atoms with Crippen molar-refractivity contribution >= 4 is 17.8 Å². The van der Waals surface area contributed by atoms with Gasteiger partial charge in [0.25, 0.3) is 0 Å². The zero-order valence-electron chi connectivity index (χ0n) is 14.0. The van der Waals surface area contributed by atoms with E-state index in [2.05, 4.69) is 0 Å². The summed E-state index contributed by atoms with van der Waals surface area (Å²) in [6.07, 6.45) is 6.53. The third kappa shape index (κ3) is 2.88. The van der Waals surface area contributed by atoms with Crippen LogP contribution >= 0.6 is 0 Å². The van der Waals surface area contributed by atoms with E-state index in [1.54, 1.807) is 0 Å². The van der Waals surface area contributed by atoms with Gasteiger partial charge >= 0.3 is 5.97 Å². The van der Waals surface area contributed by atoms with E-state index >= 15 is 0 Å². The molecule has 4 atom stereocenters. The number of nitrogens with zero attached hydrogens (tertiary/aromatic N) is 1. The number of esters is 1. The van der Waals surface area contributed by atoms with E-state index in [-0.39, 0.29) is 42.0 Å². The van der Waals surface area contributed by atoms with E-state index in [0.29, 0.717) is 6.61 Å². The smallest absolute Gasteiger partial charge is 0.326 e. The Morgan fingerprint density at radius 3 is 2.32 bits per heavy atom. The monoisotopic (exact) mass is 339 g/mol. The maximum absolute atomic E-state index is 12.5. The van der Waals surface area contributed by atoms with Gasteiger partial charge in [0, 0.05) is 0 Å². The predicted molar refractivity (Wildman–Crippen MR) is 90.2 cm³/mol. The number of benzene rings is 1. The number of amides is 2. The fourth-order valence-corrected chi connectivity index (χ4v) is 4.40. The summed E-state index contributed by atoms with van der Waals surface area (Å²) < 4.78 is 5.21. The summed E-state index contributed by atoms with van der Waals surface area (Å²) in [6, 6.07) is 9.98. The van der Waals surface area contributed by atoms with E-state index in [1.807, 2.05) is 42.5 Å². The molecule has 2 fully saturated rings. The highest BCUT2D eigenvalue weighted by Gasteiger charge is 2.59. The van der Waals surface area contributed by atoms with Crippen LogP contribution in [0.1, 0.15) is 18.4 Å². The standard InChI is InChI=1S/C20H21NO4/c22-16(25-10-4-7-13-5-2-1-3-6-13)12-21-19(23)17-14-8-9-15(11-14)18(17)20(21)24/h1-3,5-6,8-9,14-15,17-18H,4,7,10-12H2. The van der Waals surface area contributed by atoms with Gasteiger partial charge in [-0.05, 0) is 36.7 Å². The lowest BCUT2D eigenvalue weighted by Gasteiger charge is -2.16. The summed E-state index contributed by atoms with van der Waals surface area (Å²) in [5, 5.41) is 0. The molecule has 5 heteroatoms. The summed E-state index contributed by atoms with van der Waals surface area (Å²) in [4.78, 5) is 38.1. The lowest BCUT2D eigenvalue weighted by molar-refractivity contribution is -0.153. The zero-order valence-corrected chi connectivity index (χ0v) is 14.0. The van der Waals surface area contributed by atoms with Crippen molar-refractivity contribution < 1.29 is 19.1 Å². The zero-order chi connectivity index (χ0) is 17.4. The van der Waals surface area contributed by atoms with E-state index in [4.69, 9.17) is 4.74 Å². The summed E-state index contributed by atoms with van der Waals surface area (Å²) in [5.41, 5.74) is 1.19. The van der Waals surface area contributed by atoms with Gasteiger partial charge in [0.05, 0.1) is 18.4 Å². The van der Waals surface area contributed by atoms with E-state index in [1.165, 1.54) is 5.56 Å². The molecule has 4 unspecified atom stereocenters. The van der Waals surface area contributed by atoms with Crippen LogP contribution in [0.25, 0.3) is 0 Å². The number of carbonyl (C=O) groups excluding carboxylic acids is 3. The van der Waals surface area contributed by atoms with Crippen LogP contribution in [0.3, 0.4) is 0 Å². The van der Waals surface area contributed by atoms with Crippen LogP contribution in [0, 0.1) is 23.7 Å². The number of ether oxygens (including phenoxy) is 1.